The van der Waals surface area contributed by atoms with Gasteiger partial charge in [0.05, 0.1) is 0 Å². The minimum atomic E-state index is -0.285. The zero-order valence-electron chi connectivity index (χ0n) is 16.5. The van der Waals surface area contributed by atoms with E-state index in [1.165, 1.54) is 11.1 Å². The fourth-order valence-electron chi connectivity index (χ4n) is 3.57. The quantitative estimate of drug-likeness (QED) is 0.549. The second kappa shape index (κ2) is 8.22. The molecule has 0 atom stereocenters. The minimum absolute atomic E-state index is 0.141. The molecule has 0 spiro atoms. The molecule has 1 amide bonds. The van der Waals surface area contributed by atoms with Crippen LogP contribution in [0.1, 0.15) is 45.5 Å². The van der Waals surface area contributed by atoms with Gasteiger partial charge in [-0.15, -0.1) is 5.10 Å². The SMILES string of the molecule is Cc1cc(C)n2nc(C(=O)NCCC(c3ccccc3)c3ccccc3)nc2n1. The van der Waals surface area contributed by atoms with Gasteiger partial charge in [0.2, 0.25) is 5.82 Å². The number of aromatic nitrogens is 4. The van der Waals surface area contributed by atoms with Crippen LogP contribution in [0.5, 0.6) is 0 Å². The van der Waals surface area contributed by atoms with E-state index in [2.05, 4.69) is 44.6 Å². The van der Waals surface area contributed by atoms with Crippen LogP contribution in [-0.2, 0) is 0 Å². The normalized spacial score (nSPS) is 11.1. The van der Waals surface area contributed by atoms with Crippen LogP contribution in [0.15, 0.2) is 66.7 Å². The van der Waals surface area contributed by atoms with Crippen molar-refractivity contribution in [3.8, 4) is 0 Å². The summed E-state index contributed by atoms with van der Waals surface area (Å²) in [5, 5.41) is 7.26. The van der Waals surface area contributed by atoms with Gasteiger partial charge in [-0.3, -0.25) is 4.79 Å². The predicted octanol–water partition coefficient (Wildman–Crippen LogP) is 3.69. The van der Waals surface area contributed by atoms with Crippen LogP contribution < -0.4 is 5.32 Å². The lowest BCUT2D eigenvalue weighted by atomic mass is 9.88. The first-order valence-corrected chi connectivity index (χ1v) is 9.71. The lowest BCUT2D eigenvalue weighted by Gasteiger charge is -2.18. The Bertz CT molecular complexity index is 1080. The van der Waals surface area contributed by atoms with E-state index in [4.69, 9.17) is 0 Å². The molecule has 0 aliphatic rings. The molecule has 0 fully saturated rings. The highest BCUT2D eigenvalue weighted by atomic mass is 16.2. The van der Waals surface area contributed by atoms with Crippen LogP contribution >= 0.6 is 0 Å². The number of carbonyl (C=O) groups excluding carboxylic acids is 1. The number of hydrogen-bond donors (Lipinski definition) is 1. The molecule has 0 bridgehead atoms. The van der Waals surface area contributed by atoms with Crippen molar-refractivity contribution >= 4 is 11.7 Å². The van der Waals surface area contributed by atoms with Crippen LogP contribution in [-0.4, -0.2) is 32.0 Å². The largest absolute Gasteiger partial charge is 0.349 e. The van der Waals surface area contributed by atoms with Crippen molar-refractivity contribution in [3.63, 3.8) is 0 Å². The Morgan fingerprint density at radius 1 is 0.966 bits per heavy atom. The summed E-state index contributed by atoms with van der Waals surface area (Å²) in [5.74, 6) is 0.506. The second-order valence-corrected chi connectivity index (χ2v) is 7.10. The van der Waals surface area contributed by atoms with Gasteiger partial charge < -0.3 is 5.32 Å². The topological polar surface area (TPSA) is 72.2 Å². The highest BCUT2D eigenvalue weighted by Crippen LogP contribution is 2.27. The molecule has 4 rings (SSSR count). The van der Waals surface area contributed by atoms with Gasteiger partial charge in [-0.25, -0.2) is 9.50 Å². The van der Waals surface area contributed by atoms with Crippen LogP contribution in [0.4, 0.5) is 0 Å². The van der Waals surface area contributed by atoms with Gasteiger partial charge in [0.25, 0.3) is 11.7 Å². The number of nitrogens with one attached hydrogen (secondary N) is 1. The fraction of sp³-hybridized carbons (Fsp3) is 0.217. The molecule has 4 aromatic rings. The van der Waals surface area contributed by atoms with Crippen molar-refractivity contribution in [1.29, 1.82) is 0 Å². The molecule has 0 aliphatic carbocycles. The third-order valence-corrected chi connectivity index (χ3v) is 4.94. The average Bonchev–Trinajstić information content (AvgIpc) is 3.17. The number of carbonyl (C=O) groups is 1. The molecule has 0 saturated carbocycles. The fourth-order valence-corrected chi connectivity index (χ4v) is 3.57. The Morgan fingerprint density at radius 2 is 1.59 bits per heavy atom. The monoisotopic (exact) mass is 385 g/mol. The predicted molar refractivity (Wildman–Crippen MR) is 112 cm³/mol. The van der Waals surface area contributed by atoms with Gasteiger partial charge in [-0.2, -0.15) is 4.98 Å². The standard InChI is InChI=1S/C23H23N5O/c1-16-15-17(2)28-23(25-16)26-21(27-28)22(29)24-14-13-20(18-9-5-3-6-10-18)19-11-7-4-8-12-19/h3-12,15,20H,13-14H2,1-2H3,(H,24,29). The summed E-state index contributed by atoms with van der Waals surface area (Å²) in [5.41, 5.74) is 4.21. The molecule has 6 nitrogen and oxygen atoms in total. The maximum Gasteiger partial charge on any atom is 0.291 e. The summed E-state index contributed by atoms with van der Waals surface area (Å²) >= 11 is 0. The van der Waals surface area contributed by atoms with Gasteiger partial charge >= 0.3 is 0 Å². The summed E-state index contributed by atoms with van der Waals surface area (Å²) in [7, 11) is 0. The number of hydrogen-bond acceptors (Lipinski definition) is 4. The number of rotatable bonds is 6. The molecule has 0 saturated heterocycles. The van der Waals surface area contributed by atoms with Crippen LogP contribution in [0.25, 0.3) is 5.78 Å². The third-order valence-electron chi connectivity index (χ3n) is 4.94. The number of fused-ring (bicyclic) bond motifs is 1. The van der Waals surface area contributed by atoms with Crippen molar-refractivity contribution in [2.24, 2.45) is 0 Å². The lowest BCUT2D eigenvalue weighted by Crippen LogP contribution is -2.27. The number of benzene rings is 2. The van der Waals surface area contributed by atoms with Crippen LogP contribution in [0.3, 0.4) is 0 Å². The van der Waals surface area contributed by atoms with Crippen molar-refractivity contribution in [1.82, 2.24) is 24.9 Å². The second-order valence-electron chi connectivity index (χ2n) is 7.10. The maximum absolute atomic E-state index is 12.6. The van der Waals surface area contributed by atoms with Gasteiger partial charge in [0.15, 0.2) is 0 Å². The summed E-state index contributed by atoms with van der Waals surface area (Å²) in [6.07, 6.45) is 0.781. The molecule has 0 radical (unpaired) electrons. The van der Waals surface area contributed by atoms with Gasteiger partial charge in [-0.05, 0) is 37.5 Å². The lowest BCUT2D eigenvalue weighted by molar-refractivity contribution is 0.0942. The zero-order chi connectivity index (χ0) is 20.2. The minimum Gasteiger partial charge on any atom is -0.349 e. The molecule has 2 heterocycles. The Labute approximate surface area is 169 Å². The zero-order valence-corrected chi connectivity index (χ0v) is 16.5. The van der Waals surface area contributed by atoms with Crippen molar-refractivity contribution < 1.29 is 4.79 Å². The third kappa shape index (κ3) is 4.16. The molecule has 0 unspecified atom stereocenters. The molecule has 0 aliphatic heterocycles. The van der Waals surface area contributed by atoms with E-state index in [-0.39, 0.29) is 17.6 Å². The Balaban J connectivity index is 1.47. The van der Waals surface area contributed by atoms with Crippen molar-refractivity contribution in [2.45, 2.75) is 26.2 Å². The Hall–Kier alpha value is -3.54. The summed E-state index contributed by atoms with van der Waals surface area (Å²) in [6.45, 7) is 4.34. The molecular formula is C23H23N5O. The molecule has 1 N–H and O–H groups in total. The molecule has 2 aromatic heterocycles. The van der Waals surface area contributed by atoms with Gasteiger partial charge in [-0.1, -0.05) is 60.7 Å². The maximum atomic E-state index is 12.6. The number of aryl methyl sites for hydroxylation is 2. The molecule has 146 valence electrons. The van der Waals surface area contributed by atoms with Gasteiger partial charge in [0, 0.05) is 23.9 Å². The summed E-state index contributed by atoms with van der Waals surface area (Å²) in [4.78, 5) is 21.2. The molecule has 2 aromatic carbocycles. The van der Waals surface area contributed by atoms with E-state index in [1.807, 2.05) is 56.3 Å². The van der Waals surface area contributed by atoms with E-state index < -0.39 is 0 Å². The molecular weight excluding hydrogens is 362 g/mol. The van der Waals surface area contributed by atoms with E-state index in [1.54, 1.807) is 4.52 Å². The smallest absolute Gasteiger partial charge is 0.291 e. The van der Waals surface area contributed by atoms with Crippen molar-refractivity contribution in [2.75, 3.05) is 6.54 Å². The number of nitrogens with zero attached hydrogens (tertiary/aromatic N) is 4. The number of amides is 1. The van der Waals surface area contributed by atoms with E-state index in [0.717, 1.165) is 17.8 Å². The highest BCUT2D eigenvalue weighted by Gasteiger charge is 2.17. The first-order valence-electron chi connectivity index (χ1n) is 9.71. The van der Waals surface area contributed by atoms with Crippen molar-refractivity contribution in [3.05, 3.63) is 95.1 Å². The first kappa shape index (κ1) is 18.8. The van der Waals surface area contributed by atoms with E-state index in [0.29, 0.717) is 12.3 Å². The van der Waals surface area contributed by atoms with Crippen LogP contribution in [0, 0.1) is 13.8 Å². The summed E-state index contributed by atoms with van der Waals surface area (Å²) in [6, 6.07) is 22.6. The van der Waals surface area contributed by atoms with Gasteiger partial charge in [0.1, 0.15) is 0 Å². The Kier molecular flexibility index (Phi) is 5.33. The first-order chi connectivity index (χ1) is 14.1. The average molecular weight is 385 g/mol. The molecule has 6 heteroatoms. The summed E-state index contributed by atoms with van der Waals surface area (Å²) < 4.78 is 1.60. The van der Waals surface area contributed by atoms with E-state index in [9.17, 15) is 4.79 Å². The van der Waals surface area contributed by atoms with Crippen LogP contribution in [0.2, 0.25) is 0 Å². The molecule has 29 heavy (non-hydrogen) atoms. The highest BCUT2D eigenvalue weighted by molar-refractivity contribution is 5.90. The van der Waals surface area contributed by atoms with E-state index >= 15 is 0 Å². The Morgan fingerprint density at radius 3 is 2.21 bits per heavy atom.